The zero-order chi connectivity index (χ0) is 19.0. The van der Waals surface area contributed by atoms with Gasteiger partial charge in [0.15, 0.2) is 5.96 Å². The minimum absolute atomic E-state index is 0. The molecule has 0 saturated heterocycles. The highest BCUT2D eigenvalue weighted by molar-refractivity contribution is 14.0. The third-order valence-electron chi connectivity index (χ3n) is 3.87. The first-order valence-electron chi connectivity index (χ1n) is 8.44. The highest BCUT2D eigenvalue weighted by Gasteiger charge is 2.12. The number of hydrogen-bond acceptors (Lipinski definition) is 3. The van der Waals surface area contributed by atoms with Crippen LogP contribution in [0.1, 0.15) is 11.1 Å². The van der Waals surface area contributed by atoms with Gasteiger partial charge in [0.1, 0.15) is 0 Å². The molecule has 0 unspecified atom stereocenters. The van der Waals surface area contributed by atoms with Crippen molar-refractivity contribution in [3.05, 3.63) is 65.7 Å². The number of guanidine groups is 1. The second kappa shape index (κ2) is 11.3. The molecule has 2 aromatic carbocycles. The van der Waals surface area contributed by atoms with Crippen molar-refractivity contribution in [2.45, 2.75) is 18.4 Å². The Kier molecular flexibility index (Phi) is 9.75. The van der Waals surface area contributed by atoms with Crippen molar-refractivity contribution in [1.82, 2.24) is 14.9 Å². The summed E-state index contributed by atoms with van der Waals surface area (Å²) < 4.78 is 26.9. The average Bonchev–Trinajstić information content (AvgIpc) is 2.64. The molecule has 148 valence electrons. The predicted molar refractivity (Wildman–Crippen MR) is 121 cm³/mol. The number of aryl methyl sites for hydroxylation is 1. The van der Waals surface area contributed by atoms with Crippen LogP contribution < -0.4 is 10.0 Å². The quantitative estimate of drug-likeness (QED) is 0.264. The molecule has 6 nitrogen and oxygen atoms in total. The van der Waals surface area contributed by atoms with Gasteiger partial charge < -0.3 is 10.2 Å². The van der Waals surface area contributed by atoms with Crippen LogP contribution in [0, 0.1) is 6.92 Å². The Labute approximate surface area is 179 Å². The zero-order valence-electron chi connectivity index (χ0n) is 15.8. The second-order valence-corrected chi connectivity index (χ2v) is 7.79. The first-order chi connectivity index (χ1) is 12.4. The highest BCUT2D eigenvalue weighted by atomic mass is 127. The van der Waals surface area contributed by atoms with Gasteiger partial charge in [0, 0.05) is 33.7 Å². The van der Waals surface area contributed by atoms with E-state index in [9.17, 15) is 8.42 Å². The molecular weight excluding hydrogens is 475 g/mol. The summed E-state index contributed by atoms with van der Waals surface area (Å²) in [5, 5.41) is 3.17. The zero-order valence-corrected chi connectivity index (χ0v) is 19.0. The van der Waals surface area contributed by atoms with E-state index in [2.05, 4.69) is 46.2 Å². The number of hydrogen-bond donors (Lipinski definition) is 2. The van der Waals surface area contributed by atoms with Crippen LogP contribution in [-0.4, -0.2) is 46.5 Å². The van der Waals surface area contributed by atoms with E-state index in [0.717, 1.165) is 6.54 Å². The number of sulfonamides is 1. The summed E-state index contributed by atoms with van der Waals surface area (Å²) in [6, 6.07) is 16.7. The molecule has 0 aliphatic heterocycles. The number of nitrogens with one attached hydrogen (secondary N) is 2. The van der Waals surface area contributed by atoms with E-state index < -0.39 is 10.0 Å². The van der Waals surface area contributed by atoms with E-state index in [-0.39, 0.29) is 35.4 Å². The van der Waals surface area contributed by atoms with Crippen molar-refractivity contribution in [1.29, 1.82) is 0 Å². The van der Waals surface area contributed by atoms with Gasteiger partial charge in [-0.3, -0.25) is 4.99 Å². The molecule has 8 heteroatoms. The molecule has 0 amide bonds. The van der Waals surface area contributed by atoms with E-state index in [1.165, 1.54) is 11.1 Å². The highest BCUT2D eigenvalue weighted by Crippen LogP contribution is 2.07. The van der Waals surface area contributed by atoms with Crippen LogP contribution in [-0.2, 0) is 16.6 Å². The summed E-state index contributed by atoms with van der Waals surface area (Å²) in [4.78, 5) is 6.51. The Hall–Kier alpha value is -1.65. The maximum atomic E-state index is 12.2. The fourth-order valence-electron chi connectivity index (χ4n) is 2.47. The fraction of sp³-hybridized carbons (Fsp3) is 0.316. The summed E-state index contributed by atoms with van der Waals surface area (Å²) in [5.41, 5.74) is 2.41. The first-order valence-corrected chi connectivity index (χ1v) is 9.93. The van der Waals surface area contributed by atoms with Gasteiger partial charge in [-0.2, -0.15) is 0 Å². The summed E-state index contributed by atoms with van der Waals surface area (Å²) in [6.45, 7) is 3.49. The molecule has 2 rings (SSSR count). The number of benzene rings is 2. The monoisotopic (exact) mass is 502 g/mol. The van der Waals surface area contributed by atoms with E-state index in [4.69, 9.17) is 0 Å². The number of halogens is 1. The van der Waals surface area contributed by atoms with Gasteiger partial charge in [-0.25, -0.2) is 13.1 Å². The minimum Gasteiger partial charge on any atom is -0.355 e. The van der Waals surface area contributed by atoms with E-state index in [1.807, 2.05) is 11.9 Å². The molecular formula is C19H27IN4O2S. The normalized spacial score (nSPS) is 11.6. The van der Waals surface area contributed by atoms with Gasteiger partial charge in [-0.15, -0.1) is 24.0 Å². The van der Waals surface area contributed by atoms with Crippen molar-refractivity contribution < 1.29 is 8.42 Å². The van der Waals surface area contributed by atoms with Gasteiger partial charge >= 0.3 is 0 Å². The van der Waals surface area contributed by atoms with Gasteiger partial charge in [0.05, 0.1) is 4.90 Å². The van der Waals surface area contributed by atoms with Crippen LogP contribution in [0.4, 0.5) is 0 Å². The molecule has 0 aliphatic rings. The van der Waals surface area contributed by atoms with Crippen LogP contribution in [0.2, 0.25) is 0 Å². The fourth-order valence-corrected chi connectivity index (χ4v) is 3.52. The molecule has 0 bridgehead atoms. The summed E-state index contributed by atoms with van der Waals surface area (Å²) in [7, 11) is 0.177. The van der Waals surface area contributed by atoms with Gasteiger partial charge in [-0.05, 0) is 24.6 Å². The van der Waals surface area contributed by atoms with E-state index in [0.29, 0.717) is 12.5 Å². The molecule has 0 spiro atoms. The van der Waals surface area contributed by atoms with Crippen LogP contribution in [0.25, 0.3) is 0 Å². The Bertz CT molecular complexity index is 825. The second-order valence-electron chi connectivity index (χ2n) is 6.03. The Balaban J connectivity index is 0.00000364. The van der Waals surface area contributed by atoms with Crippen LogP contribution >= 0.6 is 24.0 Å². The lowest BCUT2D eigenvalue weighted by atomic mass is 10.1. The smallest absolute Gasteiger partial charge is 0.240 e. The largest absolute Gasteiger partial charge is 0.355 e. The third-order valence-corrected chi connectivity index (χ3v) is 5.34. The number of rotatable bonds is 7. The average molecular weight is 502 g/mol. The van der Waals surface area contributed by atoms with Crippen molar-refractivity contribution >= 4 is 40.0 Å². The third kappa shape index (κ3) is 7.47. The lowest BCUT2D eigenvalue weighted by molar-refractivity contribution is 0.477. The minimum atomic E-state index is -3.48. The van der Waals surface area contributed by atoms with Crippen LogP contribution in [0.15, 0.2) is 64.5 Å². The number of nitrogens with zero attached hydrogens (tertiary/aromatic N) is 2. The molecule has 0 fully saturated rings. The Morgan fingerprint density at radius 3 is 2.26 bits per heavy atom. The van der Waals surface area contributed by atoms with E-state index >= 15 is 0 Å². The molecule has 2 aromatic rings. The molecule has 0 saturated carbocycles. The number of aliphatic imine (C=N–C) groups is 1. The molecule has 0 radical (unpaired) electrons. The SMILES string of the molecule is CN=C(NCCNS(=O)(=O)c1ccccc1)N(C)Cc1ccc(C)cc1.I. The van der Waals surface area contributed by atoms with Gasteiger partial charge in [0.25, 0.3) is 0 Å². The standard InChI is InChI=1S/C19H26N4O2S.HI/c1-16-9-11-17(12-10-16)15-23(3)19(20-2)21-13-14-22-26(24,25)18-7-5-4-6-8-18;/h4-12,22H,13-15H2,1-3H3,(H,20,21);1H. The van der Waals surface area contributed by atoms with Crippen molar-refractivity contribution in [2.75, 3.05) is 27.2 Å². The summed E-state index contributed by atoms with van der Waals surface area (Å²) >= 11 is 0. The van der Waals surface area contributed by atoms with Crippen molar-refractivity contribution in [3.8, 4) is 0 Å². The molecule has 0 heterocycles. The van der Waals surface area contributed by atoms with Crippen molar-refractivity contribution in [2.24, 2.45) is 4.99 Å². The van der Waals surface area contributed by atoms with E-state index in [1.54, 1.807) is 37.4 Å². The molecule has 0 aliphatic carbocycles. The molecule has 0 atom stereocenters. The first kappa shape index (κ1) is 23.4. The van der Waals surface area contributed by atoms with Crippen molar-refractivity contribution in [3.63, 3.8) is 0 Å². The lowest BCUT2D eigenvalue weighted by Gasteiger charge is -2.22. The maximum absolute atomic E-state index is 12.2. The lowest BCUT2D eigenvalue weighted by Crippen LogP contribution is -2.42. The molecule has 0 aromatic heterocycles. The molecule has 27 heavy (non-hydrogen) atoms. The predicted octanol–water partition coefficient (Wildman–Crippen LogP) is 2.60. The topological polar surface area (TPSA) is 73.8 Å². The Morgan fingerprint density at radius 1 is 1.04 bits per heavy atom. The maximum Gasteiger partial charge on any atom is 0.240 e. The molecule has 2 N–H and O–H groups in total. The van der Waals surface area contributed by atoms with Gasteiger partial charge in [-0.1, -0.05) is 48.0 Å². The Morgan fingerprint density at radius 2 is 1.67 bits per heavy atom. The van der Waals surface area contributed by atoms with Crippen LogP contribution in [0.5, 0.6) is 0 Å². The summed E-state index contributed by atoms with van der Waals surface area (Å²) in [5.74, 6) is 0.712. The summed E-state index contributed by atoms with van der Waals surface area (Å²) in [6.07, 6.45) is 0. The van der Waals surface area contributed by atoms with Crippen LogP contribution in [0.3, 0.4) is 0 Å². The van der Waals surface area contributed by atoms with Gasteiger partial charge in [0.2, 0.25) is 10.0 Å².